The lowest BCUT2D eigenvalue weighted by molar-refractivity contribution is 0.0992. The molecule has 0 fully saturated rings. The zero-order valence-corrected chi connectivity index (χ0v) is 7.81. The van der Waals surface area contributed by atoms with E-state index in [0.717, 1.165) is 5.56 Å². The highest BCUT2D eigenvalue weighted by molar-refractivity contribution is 6.00. The van der Waals surface area contributed by atoms with E-state index in [4.69, 9.17) is 16.0 Å². The fourth-order valence-corrected chi connectivity index (χ4v) is 1.35. The third-order valence-electron chi connectivity index (χ3n) is 2.01. The van der Waals surface area contributed by atoms with Gasteiger partial charge in [-0.05, 0) is 5.56 Å². The summed E-state index contributed by atoms with van der Waals surface area (Å²) in [5.41, 5.74) is 12.0. The van der Waals surface area contributed by atoms with Gasteiger partial charge in [0.25, 0.3) is 5.91 Å². The van der Waals surface area contributed by atoms with E-state index in [0.29, 0.717) is 5.56 Å². The van der Waals surface area contributed by atoms with Gasteiger partial charge in [-0.25, -0.2) is 0 Å². The minimum atomic E-state index is -0.658. The number of hydrogen-bond acceptors (Lipinski definition) is 4. The van der Waals surface area contributed by atoms with Crippen LogP contribution in [0.3, 0.4) is 0 Å². The molecule has 1 heterocycles. The predicted molar refractivity (Wildman–Crippen MR) is 54.9 cm³/mol. The van der Waals surface area contributed by atoms with E-state index in [9.17, 15) is 4.79 Å². The highest BCUT2D eigenvalue weighted by Crippen LogP contribution is 2.28. The molecule has 0 saturated carbocycles. The Morgan fingerprint density at radius 2 is 1.93 bits per heavy atom. The van der Waals surface area contributed by atoms with Crippen LogP contribution in [0.2, 0.25) is 0 Å². The average Bonchev–Trinajstić information content (AvgIpc) is 2.61. The molecule has 1 aromatic carbocycles. The molecule has 0 saturated heterocycles. The minimum absolute atomic E-state index is 0.0544. The van der Waals surface area contributed by atoms with Crippen LogP contribution in [0.4, 0.5) is 5.88 Å². The molecular weight excluding hydrogens is 194 g/mol. The van der Waals surface area contributed by atoms with Gasteiger partial charge in [0.15, 0.2) is 5.69 Å². The van der Waals surface area contributed by atoms with Crippen LogP contribution in [0.15, 0.2) is 34.9 Å². The standard InChI is InChI=1S/C10H9N3O2/c11-9(14)8-7(10(12)15-13-8)6-4-2-1-3-5-6/h1-5H,12H2,(H2,11,14). The first-order valence-corrected chi connectivity index (χ1v) is 4.30. The first-order chi connectivity index (χ1) is 7.20. The Hall–Kier alpha value is -2.30. The van der Waals surface area contributed by atoms with Gasteiger partial charge in [-0.15, -0.1) is 0 Å². The molecule has 0 atom stereocenters. The smallest absolute Gasteiger partial charge is 0.271 e. The second kappa shape index (κ2) is 3.45. The molecule has 76 valence electrons. The molecule has 1 amide bonds. The number of amides is 1. The molecule has 2 aromatic rings. The molecule has 0 aliphatic heterocycles. The third kappa shape index (κ3) is 1.54. The number of carbonyl (C=O) groups is 1. The SMILES string of the molecule is NC(=O)c1noc(N)c1-c1ccccc1. The topological polar surface area (TPSA) is 95.1 Å². The van der Waals surface area contributed by atoms with Crippen molar-refractivity contribution in [3.63, 3.8) is 0 Å². The summed E-state index contributed by atoms with van der Waals surface area (Å²) in [5.74, 6) is -0.565. The Morgan fingerprint density at radius 1 is 1.27 bits per heavy atom. The average molecular weight is 203 g/mol. The number of hydrogen-bond donors (Lipinski definition) is 2. The summed E-state index contributed by atoms with van der Waals surface area (Å²) in [7, 11) is 0. The number of primary amides is 1. The maximum absolute atomic E-state index is 11.1. The molecule has 0 bridgehead atoms. The van der Waals surface area contributed by atoms with Gasteiger partial charge in [0.2, 0.25) is 5.88 Å². The van der Waals surface area contributed by atoms with E-state index >= 15 is 0 Å². The van der Waals surface area contributed by atoms with Crippen molar-refractivity contribution in [1.29, 1.82) is 0 Å². The number of nitrogen functional groups attached to an aromatic ring is 1. The number of benzene rings is 1. The summed E-state index contributed by atoms with van der Waals surface area (Å²) < 4.78 is 4.74. The Kier molecular flexibility index (Phi) is 2.13. The lowest BCUT2D eigenvalue weighted by Crippen LogP contribution is -2.12. The zero-order valence-electron chi connectivity index (χ0n) is 7.81. The second-order valence-corrected chi connectivity index (χ2v) is 3.00. The van der Waals surface area contributed by atoms with Crippen molar-refractivity contribution in [2.24, 2.45) is 5.73 Å². The highest BCUT2D eigenvalue weighted by atomic mass is 16.5. The van der Waals surface area contributed by atoms with E-state index in [1.807, 2.05) is 18.2 Å². The molecule has 5 nitrogen and oxygen atoms in total. The number of nitrogens with two attached hydrogens (primary N) is 2. The van der Waals surface area contributed by atoms with E-state index < -0.39 is 5.91 Å². The first kappa shape index (κ1) is 9.26. The third-order valence-corrected chi connectivity index (χ3v) is 2.01. The van der Waals surface area contributed by atoms with Crippen LogP contribution in [0.25, 0.3) is 11.1 Å². The van der Waals surface area contributed by atoms with Crippen molar-refractivity contribution >= 4 is 11.8 Å². The molecule has 4 N–H and O–H groups in total. The van der Waals surface area contributed by atoms with Crippen LogP contribution in [-0.2, 0) is 0 Å². The van der Waals surface area contributed by atoms with Gasteiger partial charge in [0, 0.05) is 0 Å². The van der Waals surface area contributed by atoms with Crippen molar-refractivity contribution in [2.75, 3.05) is 5.73 Å². The maximum Gasteiger partial charge on any atom is 0.271 e. The van der Waals surface area contributed by atoms with Gasteiger partial charge in [-0.3, -0.25) is 4.79 Å². The molecule has 5 heteroatoms. The summed E-state index contributed by atoms with van der Waals surface area (Å²) in [6, 6.07) is 9.11. The van der Waals surface area contributed by atoms with Gasteiger partial charge in [0.05, 0.1) is 5.56 Å². The monoisotopic (exact) mass is 203 g/mol. The van der Waals surface area contributed by atoms with Crippen molar-refractivity contribution in [2.45, 2.75) is 0 Å². The van der Waals surface area contributed by atoms with Crippen LogP contribution in [0.1, 0.15) is 10.5 Å². The molecule has 0 aliphatic carbocycles. The van der Waals surface area contributed by atoms with Gasteiger partial charge < -0.3 is 16.0 Å². The van der Waals surface area contributed by atoms with Gasteiger partial charge >= 0.3 is 0 Å². The zero-order chi connectivity index (χ0) is 10.8. The Morgan fingerprint density at radius 3 is 2.53 bits per heavy atom. The lowest BCUT2D eigenvalue weighted by Gasteiger charge is -1.98. The maximum atomic E-state index is 11.1. The Bertz CT molecular complexity index is 491. The van der Waals surface area contributed by atoms with Crippen LogP contribution in [0, 0.1) is 0 Å². The number of nitrogens with zero attached hydrogens (tertiary/aromatic N) is 1. The second-order valence-electron chi connectivity index (χ2n) is 3.00. The Balaban J connectivity index is 2.62. The van der Waals surface area contributed by atoms with Crippen LogP contribution in [-0.4, -0.2) is 11.1 Å². The summed E-state index contributed by atoms with van der Waals surface area (Å²) in [5, 5.41) is 3.52. The van der Waals surface area contributed by atoms with Crippen molar-refractivity contribution in [3.8, 4) is 11.1 Å². The molecule has 1 aromatic heterocycles. The molecule has 0 aliphatic rings. The van der Waals surface area contributed by atoms with Crippen LogP contribution < -0.4 is 11.5 Å². The van der Waals surface area contributed by atoms with Crippen molar-refractivity contribution in [3.05, 3.63) is 36.0 Å². The summed E-state index contributed by atoms with van der Waals surface area (Å²) in [6.45, 7) is 0. The lowest BCUT2D eigenvalue weighted by atomic mass is 10.1. The van der Waals surface area contributed by atoms with Gasteiger partial charge in [-0.1, -0.05) is 35.5 Å². The number of aromatic nitrogens is 1. The predicted octanol–water partition coefficient (Wildman–Crippen LogP) is 1.02. The summed E-state index contributed by atoms with van der Waals surface area (Å²) >= 11 is 0. The van der Waals surface area contributed by atoms with Crippen molar-refractivity contribution in [1.82, 2.24) is 5.16 Å². The molecular formula is C10H9N3O2. The molecule has 0 unspecified atom stereocenters. The first-order valence-electron chi connectivity index (χ1n) is 4.30. The van der Waals surface area contributed by atoms with Crippen molar-refractivity contribution < 1.29 is 9.32 Å². The van der Waals surface area contributed by atoms with E-state index in [1.54, 1.807) is 12.1 Å². The molecule has 2 rings (SSSR count). The molecule has 0 spiro atoms. The van der Waals surface area contributed by atoms with E-state index in [1.165, 1.54) is 0 Å². The quantitative estimate of drug-likeness (QED) is 0.761. The molecule has 15 heavy (non-hydrogen) atoms. The van der Waals surface area contributed by atoms with Gasteiger partial charge in [-0.2, -0.15) is 0 Å². The largest absolute Gasteiger partial charge is 0.367 e. The normalized spacial score (nSPS) is 10.1. The van der Waals surface area contributed by atoms with E-state index in [2.05, 4.69) is 5.16 Å². The van der Waals surface area contributed by atoms with E-state index in [-0.39, 0.29) is 11.6 Å². The number of anilines is 1. The Labute approximate surface area is 85.7 Å². The minimum Gasteiger partial charge on any atom is -0.367 e. The van der Waals surface area contributed by atoms with Gasteiger partial charge in [0.1, 0.15) is 0 Å². The summed E-state index contributed by atoms with van der Waals surface area (Å²) in [6.07, 6.45) is 0. The highest BCUT2D eigenvalue weighted by Gasteiger charge is 2.19. The summed E-state index contributed by atoms with van der Waals surface area (Å²) in [4.78, 5) is 11.1. The number of carbonyl (C=O) groups excluding carboxylic acids is 1. The number of rotatable bonds is 2. The fraction of sp³-hybridized carbons (Fsp3) is 0. The fourth-order valence-electron chi connectivity index (χ4n) is 1.35. The van der Waals surface area contributed by atoms with Crippen LogP contribution >= 0.6 is 0 Å². The molecule has 0 radical (unpaired) electrons. The van der Waals surface area contributed by atoms with Crippen LogP contribution in [0.5, 0.6) is 0 Å².